The second kappa shape index (κ2) is 5.71. The summed E-state index contributed by atoms with van der Waals surface area (Å²) >= 11 is 0.0204. The van der Waals surface area contributed by atoms with Crippen molar-refractivity contribution in [3.8, 4) is 5.40 Å². The van der Waals surface area contributed by atoms with Gasteiger partial charge in [-0.05, 0) is 6.07 Å². The van der Waals surface area contributed by atoms with E-state index >= 15 is 0 Å². The van der Waals surface area contributed by atoms with Gasteiger partial charge in [-0.1, -0.05) is 0 Å². The highest BCUT2D eigenvalue weighted by molar-refractivity contribution is 8.18. The molecule has 0 saturated carbocycles. The van der Waals surface area contributed by atoms with E-state index in [9.17, 15) is 35.1 Å². The first-order chi connectivity index (χ1) is 9.31. The highest BCUT2D eigenvalue weighted by Gasteiger charge is 2.40. The molecule has 0 aromatic heterocycles. The Morgan fingerprint density at radius 3 is 2.00 bits per heavy atom. The van der Waals surface area contributed by atoms with Crippen LogP contribution in [0.5, 0.6) is 0 Å². The van der Waals surface area contributed by atoms with E-state index in [0.717, 1.165) is 0 Å². The Labute approximate surface area is 113 Å². The predicted octanol–water partition coefficient (Wildman–Crippen LogP) is 1.77. The number of thioether (sulfide) groups is 1. The minimum Gasteiger partial charge on any atom is -0.280 e. The molecule has 0 N–H and O–H groups in total. The Morgan fingerprint density at radius 1 is 1.05 bits per heavy atom. The molecule has 0 atom stereocenters. The fraction of sp³-hybridized carbons (Fsp3) is 0. The standard InChI is InChI=1S/C8H2N4O7S/c9-3-20-8(13)4-1-2-5(10(14)15)7(12(18)19)6(4)11(16)17/h1-2H. The molecule has 0 aliphatic rings. The van der Waals surface area contributed by atoms with Gasteiger partial charge in [0.1, 0.15) is 11.0 Å². The number of hydrogen-bond donors (Lipinski definition) is 0. The number of nitro groups is 3. The zero-order valence-corrected chi connectivity index (χ0v) is 10.0. The molecule has 20 heavy (non-hydrogen) atoms. The lowest BCUT2D eigenvalue weighted by Crippen LogP contribution is -2.06. The maximum Gasteiger partial charge on any atom is 0.423 e. The van der Waals surface area contributed by atoms with E-state index in [1.54, 1.807) is 0 Å². The minimum absolute atomic E-state index is 0.0204. The van der Waals surface area contributed by atoms with Gasteiger partial charge in [-0.15, -0.1) is 0 Å². The van der Waals surface area contributed by atoms with Crippen molar-refractivity contribution in [2.45, 2.75) is 0 Å². The lowest BCUT2D eigenvalue weighted by Gasteiger charge is -2.00. The van der Waals surface area contributed by atoms with Crippen LogP contribution >= 0.6 is 11.8 Å². The molecule has 0 radical (unpaired) electrons. The molecule has 0 bridgehead atoms. The van der Waals surface area contributed by atoms with Crippen molar-refractivity contribution in [3.05, 3.63) is 48.0 Å². The van der Waals surface area contributed by atoms with Crippen molar-refractivity contribution in [3.63, 3.8) is 0 Å². The van der Waals surface area contributed by atoms with Crippen LogP contribution in [0, 0.1) is 41.0 Å². The van der Waals surface area contributed by atoms with E-state index in [4.69, 9.17) is 5.26 Å². The third-order valence-electron chi connectivity index (χ3n) is 2.05. The average molecular weight is 298 g/mol. The number of rotatable bonds is 4. The highest BCUT2D eigenvalue weighted by Crippen LogP contribution is 2.39. The second-order valence-electron chi connectivity index (χ2n) is 3.08. The summed E-state index contributed by atoms with van der Waals surface area (Å²) < 4.78 is 0. The molecule has 11 nitrogen and oxygen atoms in total. The van der Waals surface area contributed by atoms with E-state index in [0.29, 0.717) is 12.1 Å². The molecule has 0 saturated heterocycles. The summed E-state index contributed by atoms with van der Waals surface area (Å²) in [6.07, 6.45) is 0. The number of carbonyl (C=O) groups is 1. The van der Waals surface area contributed by atoms with Crippen LogP contribution in [0.2, 0.25) is 0 Å². The van der Waals surface area contributed by atoms with E-state index in [1.165, 1.54) is 5.40 Å². The first-order valence-electron chi connectivity index (χ1n) is 4.51. The van der Waals surface area contributed by atoms with Gasteiger partial charge in [0.2, 0.25) is 5.12 Å². The first kappa shape index (κ1) is 15.0. The van der Waals surface area contributed by atoms with E-state index in [1.807, 2.05) is 0 Å². The predicted molar refractivity (Wildman–Crippen MR) is 63.9 cm³/mol. The summed E-state index contributed by atoms with van der Waals surface area (Å²) in [7, 11) is 0. The Bertz CT molecular complexity index is 680. The van der Waals surface area contributed by atoms with Crippen LogP contribution in [0.4, 0.5) is 17.1 Å². The van der Waals surface area contributed by atoms with Crippen molar-refractivity contribution >= 4 is 33.9 Å². The van der Waals surface area contributed by atoms with Crippen LogP contribution in [0.3, 0.4) is 0 Å². The summed E-state index contributed by atoms with van der Waals surface area (Å²) in [6.45, 7) is 0. The van der Waals surface area contributed by atoms with Crippen LogP contribution < -0.4 is 0 Å². The van der Waals surface area contributed by atoms with Gasteiger partial charge in [0.15, 0.2) is 0 Å². The third kappa shape index (κ3) is 2.67. The molecule has 0 heterocycles. The maximum absolute atomic E-state index is 11.5. The topological polar surface area (TPSA) is 170 Å². The minimum atomic E-state index is -1.40. The molecule has 1 aromatic carbocycles. The molecule has 1 rings (SSSR count). The summed E-state index contributed by atoms with van der Waals surface area (Å²) in [6, 6.07) is 1.31. The molecule has 0 aliphatic heterocycles. The van der Waals surface area contributed by atoms with Crippen molar-refractivity contribution in [2.75, 3.05) is 0 Å². The Hall–Kier alpha value is -3.07. The lowest BCUT2D eigenvalue weighted by molar-refractivity contribution is -0.441. The number of carbonyl (C=O) groups excluding carboxylic acids is 1. The molecule has 0 spiro atoms. The van der Waals surface area contributed by atoms with Gasteiger partial charge in [-0.3, -0.25) is 35.1 Å². The summed E-state index contributed by atoms with van der Waals surface area (Å²) in [4.78, 5) is 40.0. The zero-order chi connectivity index (χ0) is 15.4. The van der Waals surface area contributed by atoms with Gasteiger partial charge >= 0.3 is 17.1 Å². The van der Waals surface area contributed by atoms with E-state index < -0.39 is 42.5 Å². The molecule has 0 amide bonds. The normalized spacial score (nSPS) is 9.55. The largest absolute Gasteiger partial charge is 0.423 e. The van der Waals surface area contributed by atoms with Gasteiger partial charge < -0.3 is 0 Å². The molecule has 12 heteroatoms. The van der Waals surface area contributed by atoms with Crippen molar-refractivity contribution in [2.24, 2.45) is 0 Å². The Balaban J connectivity index is 3.75. The Morgan fingerprint density at radius 2 is 1.60 bits per heavy atom. The van der Waals surface area contributed by atoms with Crippen LogP contribution in [-0.4, -0.2) is 19.9 Å². The SMILES string of the molecule is N#CSC(=O)c1ccc([N+](=O)[O-])c([N+](=O)[O-])c1[N+](=O)[O-]. The Kier molecular flexibility index (Phi) is 4.28. The van der Waals surface area contributed by atoms with Gasteiger partial charge in [0.25, 0.3) is 0 Å². The number of thiocyanates is 1. The number of benzene rings is 1. The average Bonchev–Trinajstić information content (AvgIpc) is 2.36. The van der Waals surface area contributed by atoms with E-state index in [2.05, 4.69) is 0 Å². The monoisotopic (exact) mass is 298 g/mol. The summed E-state index contributed by atoms with van der Waals surface area (Å²) in [5, 5.41) is 40.9. The second-order valence-corrected chi connectivity index (χ2v) is 3.84. The van der Waals surface area contributed by atoms with Gasteiger partial charge in [-0.25, -0.2) is 0 Å². The number of hydrogen-bond acceptors (Lipinski definition) is 9. The van der Waals surface area contributed by atoms with Crippen LogP contribution in [0.15, 0.2) is 12.1 Å². The maximum atomic E-state index is 11.5. The van der Waals surface area contributed by atoms with Gasteiger partial charge in [-0.2, -0.15) is 5.26 Å². The quantitative estimate of drug-likeness (QED) is 0.456. The summed E-state index contributed by atoms with van der Waals surface area (Å²) in [5.74, 6) is 0. The zero-order valence-electron chi connectivity index (χ0n) is 9.21. The number of nitriles is 1. The van der Waals surface area contributed by atoms with E-state index in [-0.39, 0.29) is 11.8 Å². The van der Waals surface area contributed by atoms with Gasteiger partial charge in [0.05, 0.1) is 14.8 Å². The third-order valence-corrected chi connectivity index (χ3v) is 2.55. The fourth-order valence-electron chi connectivity index (χ4n) is 1.34. The first-order valence-corrected chi connectivity index (χ1v) is 5.33. The van der Waals surface area contributed by atoms with Crippen molar-refractivity contribution < 1.29 is 19.6 Å². The summed E-state index contributed by atoms with van der Waals surface area (Å²) in [5.41, 5.74) is -4.57. The number of nitrogens with zero attached hydrogens (tertiary/aromatic N) is 4. The van der Waals surface area contributed by atoms with Crippen LogP contribution in [-0.2, 0) is 0 Å². The smallest absolute Gasteiger partial charge is 0.280 e. The molecular weight excluding hydrogens is 296 g/mol. The molecular formula is C8H2N4O7S. The molecule has 0 fully saturated rings. The van der Waals surface area contributed by atoms with Crippen molar-refractivity contribution in [1.82, 2.24) is 0 Å². The number of nitro benzene ring substituents is 3. The molecule has 0 aliphatic carbocycles. The van der Waals surface area contributed by atoms with Crippen LogP contribution in [0.25, 0.3) is 0 Å². The fourth-order valence-corrected chi connectivity index (χ4v) is 1.70. The highest BCUT2D eigenvalue weighted by atomic mass is 32.2. The lowest BCUT2D eigenvalue weighted by atomic mass is 10.1. The molecule has 0 unspecified atom stereocenters. The molecule has 102 valence electrons. The molecule has 1 aromatic rings. The van der Waals surface area contributed by atoms with Crippen LogP contribution in [0.1, 0.15) is 10.4 Å². The van der Waals surface area contributed by atoms with Crippen molar-refractivity contribution in [1.29, 1.82) is 5.26 Å². The van der Waals surface area contributed by atoms with Gasteiger partial charge in [0, 0.05) is 17.8 Å².